The van der Waals surface area contributed by atoms with Crippen LogP contribution in [0.25, 0.3) is 0 Å². The normalized spacial score (nSPS) is 22.1. The minimum absolute atomic E-state index is 0. The highest BCUT2D eigenvalue weighted by Gasteiger charge is 2.29. The number of nitrogens with zero attached hydrogens (tertiary/aromatic N) is 1. The highest BCUT2D eigenvalue weighted by molar-refractivity contribution is 6.30. The maximum Gasteiger partial charge on any atom is 0.243 e. The lowest BCUT2D eigenvalue weighted by Crippen LogP contribution is -2.38. The van der Waals surface area contributed by atoms with Gasteiger partial charge in [-0.05, 0) is 29.7 Å². The molecule has 110 valence electrons. The molecule has 1 heterocycles. The van der Waals surface area contributed by atoms with Crippen LogP contribution < -0.4 is 5.32 Å². The van der Waals surface area contributed by atoms with E-state index in [-0.39, 0.29) is 19.4 Å². The van der Waals surface area contributed by atoms with Crippen LogP contribution in [0.15, 0.2) is 36.9 Å². The predicted octanol–water partition coefficient (Wildman–Crippen LogP) is 3.10. The molecule has 1 unspecified atom stereocenters. The number of rotatable bonds is 4. The number of carbonyl (C=O) groups excluding carboxylic acids is 1. The highest BCUT2D eigenvalue weighted by atomic mass is 35.5. The van der Waals surface area contributed by atoms with Crippen LogP contribution in [0, 0.1) is 5.92 Å². The number of amides is 1. The summed E-state index contributed by atoms with van der Waals surface area (Å²) in [6, 6.07) is 8.12. The van der Waals surface area contributed by atoms with Crippen LogP contribution in [-0.2, 0) is 11.3 Å². The molecule has 1 aliphatic rings. The maximum absolute atomic E-state index is 11.4. The number of halogens is 1. The summed E-state index contributed by atoms with van der Waals surface area (Å²) in [5, 5.41) is 3.74. The second kappa shape index (κ2) is 7.46. The average Bonchev–Trinajstić information content (AvgIpc) is 2.72. The molecule has 0 aromatic heterocycles. The first-order chi connectivity index (χ1) is 9.08. The monoisotopic (exact) mass is 294 g/mol. The number of benzene rings is 1. The van der Waals surface area contributed by atoms with Crippen molar-refractivity contribution in [2.75, 3.05) is 13.1 Å². The summed E-state index contributed by atoms with van der Waals surface area (Å²) in [5.74, 6) is 0.362. The lowest BCUT2D eigenvalue weighted by atomic mass is 10.1. The van der Waals surface area contributed by atoms with E-state index < -0.39 is 0 Å². The third-order valence-corrected chi connectivity index (χ3v) is 3.77. The molecule has 3 nitrogen and oxygen atoms in total. The quantitative estimate of drug-likeness (QED) is 0.866. The standard InChI is InChI=1S/C15H19ClN2O.CH4/c1-3-15(19)17-14-10-18(8-11(14)2)9-12-4-6-13(16)7-5-12;/h3-7,11,14H,1,8-10H2,2H3,(H,17,19);1H4/t11?,14-;/m1./s1. The van der Waals surface area contributed by atoms with Gasteiger partial charge in [0, 0.05) is 30.7 Å². The molecule has 1 amide bonds. The Morgan fingerprint density at radius 2 is 2.10 bits per heavy atom. The Bertz CT molecular complexity index is 458. The van der Waals surface area contributed by atoms with E-state index in [1.165, 1.54) is 11.6 Å². The summed E-state index contributed by atoms with van der Waals surface area (Å²) < 4.78 is 0. The van der Waals surface area contributed by atoms with Gasteiger partial charge in [0.1, 0.15) is 0 Å². The predicted molar refractivity (Wildman–Crippen MR) is 84.8 cm³/mol. The summed E-state index contributed by atoms with van der Waals surface area (Å²) in [6.45, 7) is 8.41. The van der Waals surface area contributed by atoms with Gasteiger partial charge < -0.3 is 5.32 Å². The summed E-state index contributed by atoms with van der Waals surface area (Å²) in [7, 11) is 0. The Labute approximate surface area is 126 Å². The zero-order valence-electron chi connectivity index (χ0n) is 11.1. The highest BCUT2D eigenvalue weighted by Crippen LogP contribution is 2.19. The number of hydrogen-bond donors (Lipinski definition) is 1. The largest absolute Gasteiger partial charge is 0.348 e. The van der Waals surface area contributed by atoms with Crippen LogP contribution >= 0.6 is 11.6 Å². The van der Waals surface area contributed by atoms with Crippen LogP contribution in [0.5, 0.6) is 0 Å². The lowest BCUT2D eigenvalue weighted by molar-refractivity contribution is -0.117. The summed E-state index contributed by atoms with van der Waals surface area (Å²) in [5.41, 5.74) is 1.24. The van der Waals surface area contributed by atoms with Gasteiger partial charge in [-0.3, -0.25) is 9.69 Å². The Kier molecular flexibility index (Phi) is 6.24. The van der Waals surface area contributed by atoms with E-state index in [0.717, 1.165) is 24.7 Å². The molecule has 0 bridgehead atoms. The van der Waals surface area contributed by atoms with Gasteiger partial charge >= 0.3 is 0 Å². The molecule has 1 fully saturated rings. The van der Waals surface area contributed by atoms with Gasteiger partial charge in [-0.1, -0.05) is 44.7 Å². The van der Waals surface area contributed by atoms with Gasteiger partial charge in [-0.25, -0.2) is 0 Å². The molecule has 0 aliphatic carbocycles. The second-order valence-electron chi connectivity index (χ2n) is 5.12. The molecular weight excluding hydrogens is 272 g/mol. The minimum Gasteiger partial charge on any atom is -0.348 e. The van der Waals surface area contributed by atoms with E-state index in [2.05, 4.69) is 23.7 Å². The topological polar surface area (TPSA) is 32.3 Å². The smallest absolute Gasteiger partial charge is 0.243 e. The molecule has 0 radical (unpaired) electrons. The molecule has 2 rings (SSSR count). The van der Waals surface area contributed by atoms with Gasteiger partial charge in [-0.2, -0.15) is 0 Å². The zero-order chi connectivity index (χ0) is 13.8. The van der Waals surface area contributed by atoms with Crippen molar-refractivity contribution in [1.29, 1.82) is 0 Å². The van der Waals surface area contributed by atoms with Crippen molar-refractivity contribution in [2.45, 2.75) is 26.9 Å². The molecule has 1 aliphatic heterocycles. The molecule has 1 saturated heterocycles. The summed E-state index contributed by atoms with van der Waals surface area (Å²) >= 11 is 5.88. The molecule has 20 heavy (non-hydrogen) atoms. The second-order valence-corrected chi connectivity index (χ2v) is 5.55. The van der Waals surface area contributed by atoms with Crippen LogP contribution in [0.1, 0.15) is 19.9 Å². The lowest BCUT2D eigenvalue weighted by Gasteiger charge is -2.16. The number of nitrogens with one attached hydrogen (secondary N) is 1. The fourth-order valence-electron chi connectivity index (χ4n) is 2.47. The third kappa shape index (κ3) is 4.36. The molecule has 1 aromatic rings. The van der Waals surface area contributed by atoms with E-state index in [1.807, 2.05) is 24.3 Å². The van der Waals surface area contributed by atoms with Crippen LogP contribution in [0.4, 0.5) is 0 Å². The molecule has 0 saturated carbocycles. The van der Waals surface area contributed by atoms with Gasteiger partial charge in [0.05, 0.1) is 0 Å². The van der Waals surface area contributed by atoms with Gasteiger partial charge in [0.25, 0.3) is 0 Å². The maximum atomic E-state index is 11.4. The molecule has 1 aromatic carbocycles. The van der Waals surface area contributed by atoms with Crippen molar-refractivity contribution in [3.05, 3.63) is 47.5 Å². The first-order valence-electron chi connectivity index (χ1n) is 6.48. The fourth-order valence-corrected chi connectivity index (χ4v) is 2.60. The fraction of sp³-hybridized carbons (Fsp3) is 0.438. The molecule has 2 atom stereocenters. The van der Waals surface area contributed by atoms with E-state index in [4.69, 9.17) is 11.6 Å². The summed E-state index contributed by atoms with van der Waals surface area (Å²) in [6.07, 6.45) is 1.33. The average molecular weight is 295 g/mol. The van der Waals surface area contributed by atoms with Crippen molar-refractivity contribution < 1.29 is 4.79 Å². The minimum atomic E-state index is -0.0924. The van der Waals surface area contributed by atoms with Crippen LogP contribution in [-0.4, -0.2) is 29.9 Å². The molecule has 0 spiro atoms. The Hall–Kier alpha value is -1.32. The first-order valence-corrected chi connectivity index (χ1v) is 6.86. The first kappa shape index (κ1) is 16.7. The van der Waals surface area contributed by atoms with Gasteiger partial charge in [0.2, 0.25) is 5.91 Å². The van der Waals surface area contributed by atoms with Gasteiger partial charge in [-0.15, -0.1) is 0 Å². The SMILES string of the molecule is C.C=CC(=O)N[C@@H]1CN(Cc2ccc(Cl)cc2)CC1C. The van der Waals surface area contributed by atoms with Crippen molar-refractivity contribution in [1.82, 2.24) is 10.2 Å². The van der Waals surface area contributed by atoms with E-state index in [0.29, 0.717) is 5.92 Å². The molecule has 1 N–H and O–H groups in total. The van der Waals surface area contributed by atoms with Crippen molar-refractivity contribution in [3.63, 3.8) is 0 Å². The van der Waals surface area contributed by atoms with E-state index >= 15 is 0 Å². The van der Waals surface area contributed by atoms with Crippen molar-refractivity contribution in [3.8, 4) is 0 Å². The number of carbonyl (C=O) groups is 1. The molecule has 4 heteroatoms. The van der Waals surface area contributed by atoms with Crippen molar-refractivity contribution in [2.24, 2.45) is 5.92 Å². The Morgan fingerprint density at radius 3 is 2.70 bits per heavy atom. The Morgan fingerprint density at radius 1 is 1.45 bits per heavy atom. The zero-order valence-corrected chi connectivity index (χ0v) is 11.9. The van der Waals surface area contributed by atoms with Crippen LogP contribution in [0.2, 0.25) is 5.02 Å². The molecular formula is C16H23ClN2O. The summed E-state index contributed by atoms with van der Waals surface area (Å²) in [4.78, 5) is 13.7. The van der Waals surface area contributed by atoms with Crippen LogP contribution in [0.3, 0.4) is 0 Å². The van der Waals surface area contributed by atoms with Gasteiger partial charge in [0.15, 0.2) is 0 Å². The van der Waals surface area contributed by atoms with E-state index in [9.17, 15) is 4.79 Å². The number of likely N-dealkylation sites (tertiary alicyclic amines) is 1. The Balaban J connectivity index is 0.00000200. The third-order valence-electron chi connectivity index (χ3n) is 3.52. The van der Waals surface area contributed by atoms with Crippen molar-refractivity contribution >= 4 is 17.5 Å². The number of hydrogen-bond acceptors (Lipinski definition) is 2. The van der Waals surface area contributed by atoms with E-state index in [1.54, 1.807) is 0 Å².